The molecule has 0 aliphatic rings. The fourth-order valence-electron chi connectivity index (χ4n) is 3.31. The molecule has 31 heavy (non-hydrogen) atoms. The van der Waals surface area contributed by atoms with Gasteiger partial charge in [0.25, 0.3) is 5.91 Å². The Hall–Kier alpha value is -3.70. The number of carbonyl (C=O) groups excluding carboxylic acids is 1. The number of anilines is 1. The topological polar surface area (TPSA) is 64.0 Å². The predicted molar refractivity (Wildman–Crippen MR) is 124 cm³/mol. The van der Waals surface area contributed by atoms with Crippen LogP contribution in [-0.4, -0.2) is 15.7 Å². The van der Waals surface area contributed by atoms with Crippen LogP contribution in [0, 0.1) is 13.8 Å². The molecule has 4 rings (SSSR count). The molecule has 0 unspecified atom stereocenters. The van der Waals surface area contributed by atoms with Crippen LogP contribution in [0.15, 0.2) is 83.7 Å². The van der Waals surface area contributed by atoms with Crippen LogP contribution >= 0.6 is 11.6 Å². The fraction of sp³-hybridized carbons (Fsp3) is 0.0800. The van der Waals surface area contributed by atoms with E-state index in [9.17, 15) is 9.59 Å². The van der Waals surface area contributed by atoms with E-state index < -0.39 is 0 Å². The Balaban J connectivity index is 1.95. The van der Waals surface area contributed by atoms with Crippen molar-refractivity contribution in [2.75, 3.05) is 5.32 Å². The molecule has 154 valence electrons. The zero-order valence-corrected chi connectivity index (χ0v) is 17.9. The van der Waals surface area contributed by atoms with Crippen molar-refractivity contribution >= 4 is 23.3 Å². The van der Waals surface area contributed by atoms with Gasteiger partial charge in [-0.15, -0.1) is 0 Å². The maximum atomic E-state index is 13.1. The molecule has 0 spiro atoms. The minimum absolute atomic E-state index is 0.247. The first-order chi connectivity index (χ1) is 14.9. The number of nitrogens with zero attached hydrogens (tertiary/aromatic N) is 2. The second-order valence-electron chi connectivity index (χ2n) is 7.22. The normalized spacial score (nSPS) is 10.7. The SMILES string of the molecule is Cc1ccc(C(=O)Nc2c(-c3ccccc3)c(=O)c(C)nn2-c2cccc(Cl)c2)cc1. The minimum Gasteiger partial charge on any atom is -0.306 e. The fourth-order valence-corrected chi connectivity index (χ4v) is 3.49. The van der Waals surface area contributed by atoms with E-state index in [2.05, 4.69) is 10.4 Å². The highest BCUT2D eigenvalue weighted by Crippen LogP contribution is 2.28. The summed E-state index contributed by atoms with van der Waals surface area (Å²) in [6.45, 7) is 3.61. The van der Waals surface area contributed by atoms with Gasteiger partial charge in [-0.2, -0.15) is 5.10 Å². The van der Waals surface area contributed by atoms with E-state index in [4.69, 9.17) is 11.6 Å². The van der Waals surface area contributed by atoms with Crippen molar-refractivity contribution in [2.24, 2.45) is 0 Å². The summed E-state index contributed by atoms with van der Waals surface area (Å²) >= 11 is 6.20. The van der Waals surface area contributed by atoms with Gasteiger partial charge in [0.15, 0.2) is 0 Å². The summed E-state index contributed by atoms with van der Waals surface area (Å²) in [7, 11) is 0. The number of hydrogen-bond acceptors (Lipinski definition) is 3. The van der Waals surface area contributed by atoms with Crippen molar-refractivity contribution in [2.45, 2.75) is 13.8 Å². The number of halogens is 1. The lowest BCUT2D eigenvalue weighted by Crippen LogP contribution is -2.25. The molecule has 3 aromatic carbocycles. The molecule has 0 radical (unpaired) electrons. The van der Waals surface area contributed by atoms with Crippen LogP contribution < -0.4 is 10.7 Å². The van der Waals surface area contributed by atoms with E-state index in [1.807, 2.05) is 55.5 Å². The second-order valence-corrected chi connectivity index (χ2v) is 7.65. The number of hydrogen-bond donors (Lipinski definition) is 1. The van der Waals surface area contributed by atoms with Crippen molar-refractivity contribution in [3.8, 4) is 16.8 Å². The Morgan fingerprint density at radius 2 is 1.65 bits per heavy atom. The first-order valence-corrected chi connectivity index (χ1v) is 10.1. The van der Waals surface area contributed by atoms with Gasteiger partial charge in [0.05, 0.1) is 11.3 Å². The summed E-state index contributed by atoms with van der Waals surface area (Å²) in [4.78, 5) is 26.2. The average molecular weight is 430 g/mol. The maximum Gasteiger partial charge on any atom is 0.256 e. The number of aromatic nitrogens is 2. The lowest BCUT2D eigenvalue weighted by Gasteiger charge is -2.18. The Bertz CT molecular complexity index is 1310. The monoisotopic (exact) mass is 429 g/mol. The van der Waals surface area contributed by atoms with E-state index in [0.717, 1.165) is 5.56 Å². The molecule has 0 atom stereocenters. The molecule has 0 aliphatic carbocycles. The standard InChI is InChI=1S/C25H20ClN3O2/c1-16-11-13-19(14-12-16)25(31)27-24-22(18-7-4-3-5-8-18)23(30)17(2)28-29(24)21-10-6-9-20(26)15-21/h3-15H,1-2H3,(H,27,31). The van der Waals surface area contributed by atoms with E-state index in [1.165, 1.54) is 0 Å². The van der Waals surface area contributed by atoms with Crippen LogP contribution in [0.3, 0.4) is 0 Å². The van der Waals surface area contributed by atoms with Gasteiger partial charge in [-0.05, 0) is 49.7 Å². The van der Waals surface area contributed by atoms with Crippen LogP contribution in [0.25, 0.3) is 16.8 Å². The van der Waals surface area contributed by atoms with Crippen LogP contribution in [-0.2, 0) is 0 Å². The zero-order chi connectivity index (χ0) is 22.0. The summed E-state index contributed by atoms with van der Waals surface area (Å²) in [5, 5.41) is 7.90. The van der Waals surface area contributed by atoms with Gasteiger partial charge in [-0.3, -0.25) is 9.59 Å². The molecule has 0 fully saturated rings. The molecule has 1 aromatic heterocycles. The number of rotatable bonds is 4. The molecular formula is C25H20ClN3O2. The molecular weight excluding hydrogens is 410 g/mol. The highest BCUT2D eigenvalue weighted by molar-refractivity contribution is 6.30. The number of carbonyl (C=O) groups is 1. The summed E-state index contributed by atoms with van der Waals surface area (Å²) in [5.41, 5.74) is 3.29. The van der Waals surface area contributed by atoms with Gasteiger partial charge in [-0.1, -0.05) is 65.7 Å². The predicted octanol–water partition coefficient (Wildman–Crippen LogP) is 5.42. The Morgan fingerprint density at radius 1 is 0.935 bits per heavy atom. The van der Waals surface area contributed by atoms with Gasteiger partial charge < -0.3 is 5.32 Å². The van der Waals surface area contributed by atoms with Crippen molar-refractivity contribution in [3.05, 3.63) is 111 Å². The van der Waals surface area contributed by atoms with Gasteiger partial charge in [0, 0.05) is 10.6 Å². The Labute approximate surface area is 184 Å². The smallest absolute Gasteiger partial charge is 0.256 e. The quantitative estimate of drug-likeness (QED) is 0.471. The number of nitrogens with one attached hydrogen (secondary N) is 1. The van der Waals surface area contributed by atoms with Crippen molar-refractivity contribution in [1.29, 1.82) is 0 Å². The lowest BCUT2D eigenvalue weighted by atomic mass is 10.0. The Morgan fingerprint density at radius 3 is 2.32 bits per heavy atom. The molecule has 0 saturated carbocycles. The first kappa shape index (κ1) is 20.6. The van der Waals surface area contributed by atoms with Gasteiger partial charge in [-0.25, -0.2) is 4.68 Å². The molecule has 6 heteroatoms. The average Bonchev–Trinajstić information content (AvgIpc) is 2.77. The van der Waals surface area contributed by atoms with E-state index in [1.54, 1.807) is 41.9 Å². The van der Waals surface area contributed by atoms with E-state index in [0.29, 0.717) is 33.1 Å². The van der Waals surface area contributed by atoms with Crippen molar-refractivity contribution < 1.29 is 4.79 Å². The third kappa shape index (κ3) is 4.27. The van der Waals surface area contributed by atoms with Crippen LogP contribution in [0.5, 0.6) is 0 Å². The summed E-state index contributed by atoms with van der Waals surface area (Å²) in [5.74, 6) is -0.0485. The number of benzene rings is 3. The van der Waals surface area contributed by atoms with Crippen LogP contribution in [0.2, 0.25) is 5.02 Å². The lowest BCUT2D eigenvalue weighted by molar-refractivity contribution is 0.102. The molecule has 0 saturated heterocycles. The highest BCUT2D eigenvalue weighted by atomic mass is 35.5. The number of amides is 1. The molecule has 4 aromatic rings. The zero-order valence-electron chi connectivity index (χ0n) is 17.1. The molecule has 0 aliphatic heterocycles. The largest absolute Gasteiger partial charge is 0.306 e. The van der Waals surface area contributed by atoms with Gasteiger partial charge in [0.1, 0.15) is 11.5 Å². The summed E-state index contributed by atoms with van der Waals surface area (Å²) in [6.07, 6.45) is 0. The van der Waals surface area contributed by atoms with Crippen LogP contribution in [0.1, 0.15) is 21.6 Å². The third-order valence-electron chi connectivity index (χ3n) is 4.92. The minimum atomic E-state index is -0.335. The molecule has 0 bridgehead atoms. The molecule has 1 N–H and O–H groups in total. The summed E-state index contributed by atoms with van der Waals surface area (Å²) < 4.78 is 1.55. The van der Waals surface area contributed by atoms with Crippen LogP contribution in [0.4, 0.5) is 5.82 Å². The Kier molecular flexibility index (Phi) is 5.69. The van der Waals surface area contributed by atoms with E-state index >= 15 is 0 Å². The maximum absolute atomic E-state index is 13.1. The summed E-state index contributed by atoms with van der Waals surface area (Å²) in [6, 6.07) is 23.6. The van der Waals surface area contributed by atoms with Gasteiger partial charge >= 0.3 is 0 Å². The molecule has 1 heterocycles. The first-order valence-electron chi connectivity index (χ1n) is 9.77. The van der Waals surface area contributed by atoms with Crippen molar-refractivity contribution in [1.82, 2.24) is 9.78 Å². The van der Waals surface area contributed by atoms with Crippen molar-refractivity contribution in [3.63, 3.8) is 0 Å². The molecule has 5 nitrogen and oxygen atoms in total. The second kappa shape index (κ2) is 8.58. The highest BCUT2D eigenvalue weighted by Gasteiger charge is 2.21. The third-order valence-corrected chi connectivity index (χ3v) is 5.15. The van der Waals surface area contributed by atoms with E-state index in [-0.39, 0.29) is 17.2 Å². The number of aryl methyl sites for hydroxylation is 2. The molecule has 1 amide bonds. The van der Waals surface area contributed by atoms with Gasteiger partial charge in [0.2, 0.25) is 5.43 Å².